The van der Waals surface area contributed by atoms with Gasteiger partial charge in [0.25, 0.3) is 0 Å². The normalized spacial score (nSPS) is 10.4. The predicted molar refractivity (Wildman–Crippen MR) is 81.4 cm³/mol. The molecular formula is C17H15NO3. The lowest BCUT2D eigenvalue weighted by molar-refractivity contribution is 0.385. The highest BCUT2D eigenvalue weighted by Gasteiger charge is 2.05. The van der Waals surface area contributed by atoms with Crippen molar-refractivity contribution in [1.29, 1.82) is 0 Å². The Morgan fingerprint density at radius 1 is 0.762 bits per heavy atom. The molecule has 4 nitrogen and oxygen atoms in total. The molecule has 4 heteroatoms. The van der Waals surface area contributed by atoms with Crippen molar-refractivity contribution in [3.8, 4) is 23.1 Å². The Kier molecular flexibility index (Phi) is 3.60. The molecule has 3 aromatic rings. The number of ether oxygens (including phenoxy) is 3. The lowest BCUT2D eigenvalue weighted by Gasteiger charge is -2.09. The quantitative estimate of drug-likeness (QED) is 0.723. The summed E-state index contributed by atoms with van der Waals surface area (Å²) in [5.41, 5.74) is 0.893. The summed E-state index contributed by atoms with van der Waals surface area (Å²) in [7, 11) is 3.21. The van der Waals surface area contributed by atoms with E-state index in [2.05, 4.69) is 4.98 Å². The minimum atomic E-state index is 0.531. The number of rotatable bonds is 4. The second kappa shape index (κ2) is 5.71. The standard InChI is InChI=1S/C17H15NO3/c1-19-13-9-14(20-2)11-15(10-13)21-17-8-7-12-5-3-4-6-16(12)18-17/h3-11H,1-2H3. The van der Waals surface area contributed by atoms with Crippen LogP contribution in [0.2, 0.25) is 0 Å². The van der Waals surface area contributed by atoms with E-state index in [0.717, 1.165) is 10.9 Å². The van der Waals surface area contributed by atoms with Crippen LogP contribution in [-0.4, -0.2) is 19.2 Å². The third-order valence-electron chi connectivity index (χ3n) is 3.12. The van der Waals surface area contributed by atoms with Crippen LogP contribution in [0.25, 0.3) is 10.9 Å². The molecule has 3 rings (SSSR count). The number of fused-ring (bicyclic) bond motifs is 1. The molecule has 0 saturated heterocycles. The molecule has 0 saturated carbocycles. The monoisotopic (exact) mass is 281 g/mol. The Hall–Kier alpha value is -2.75. The number of methoxy groups -OCH3 is 2. The SMILES string of the molecule is COc1cc(OC)cc(Oc2ccc3ccccc3n2)c1. The van der Waals surface area contributed by atoms with Crippen LogP contribution in [0.4, 0.5) is 0 Å². The van der Waals surface area contributed by atoms with E-state index in [9.17, 15) is 0 Å². The van der Waals surface area contributed by atoms with Gasteiger partial charge in [0, 0.05) is 29.7 Å². The molecule has 0 amide bonds. The summed E-state index contributed by atoms with van der Waals surface area (Å²) in [6.07, 6.45) is 0. The van der Waals surface area contributed by atoms with Crippen LogP contribution in [0.1, 0.15) is 0 Å². The molecule has 21 heavy (non-hydrogen) atoms. The van der Waals surface area contributed by atoms with E-state index >= 15 is 0 Å². The Labute approximate surface area is 122 Å². The van der Waals surface area contributed by atoms with Crippen molar-refractivity contribution in [2.75, 3.05) is 14.2 Å². The van der Waals surface area contributed by atoms with Crippen LogP contribution in [-0.2, 0) is 0 Å². The molecule has 0 fully saturated rings. The molecule has 1 heterocycles. The first kappa shape index (κ1) is 13.2. The number of hydrogen-bond acceptors (Lipinski definition) is 4. The van der Waals surface area contributed by atoms with Gasteiger partial charge in [-0.1, -0.05) is 18.2 Å². The van der Waals surface area contributed by atoms with Gasteiger partial charge in [-0.05, 0) is 12.1 Å². The fraction of sp³-hybridized carbons (Fsp3) is 0.118. The van der Waals surface area contributed by atoms with Gasteiger partial charge in [0.15, 0.2) is 0 Å². The van der Waals surface area contributed by atoms with Crippen molar-refractivity contribution >= 4 is 10.9 Å². The summed E-state index contributed by atoms with van der Waals surface area (Å²) >= 11 is 0. The molecule has 2 aromatic carbocycles. The number of para-hydroxylation sites is 1. The number of benzene rings is 2. The van der Waals surface area contributed by atoms with Crippen LogP contribution < -0.4 is 14.2 Å². The molecule has 0 radical (unpaired) electrons. The van der Waals surface area contributed by atoms with E-state index in [4.69, 9.17) is 14.2 Å². The van der Waals surface area contributed by atoms with E-state index in [1.165, 1.54) is 0 Å². The summed E-state index contributed by atoms with van der Waals surface area (Å²) in [4.78, 5) is 4.48. The van der Waals surface area contributed by atoms with Crippen LogP contribution >= 0.6 is 0 Å². The maximum absolute atomic E-state index is 5.80. The first-order chi connectivity index (χ1) is 10.3. The third kappa shape index (κ3) is 2.89. The predicted octanol–water partition coefficient (Wildman–Crippen LogP) is 4.04. The van der Waals surface area contributed by atoms with Gasteiger partial charge in [-0.3, -0.25) is 0 Å². The number of aromatic nitrogens is 1. The van der Waals surface area contributed by atoms with Gasteiger partial charge >= 0.3 is 0 Å². The summed E-state index contributed by atoms with van der Waals surface area (Å²) in [6, 6.07) is 17.1. The molecule has 0 aliphatic rings. The maximum atomic E-state index is 5.80. The van der Waals surface area contributed by atoms with Crippen LogP contribution in [0.3, 0.4) is 0 Å². The van der Waals surface area contributed by atoms with Gasteiger partial charge in [0.05, 0.1) is 19.7 Å². The van der Waals surface area contributed by atoms with Crippen LogP contribution in [0.15, 0.2) is 54.6 Å². The zero-order valence-electron chi connectivity index (χ0n) is 11.9. The molecule has 0 unspecified atom stereocenters. The lowest BCUT2D eigenvalue weighted by Crippen LogP contribution is -1.92. The van der Waals surface area contributed by atoms with Gasteiger partial charge in [0.2, 0.25) is 5.88 Å². The minimum absolute atomic E-state index is 0.531. The molecule has 0 spiro atoms. The van der Waals surface area contributed by atoms with E-state index in [-0.39, 0.29) is 0 Å². The van der Waals surface area contributed by atoms with Gasteiger partial charge in [-0.25, -0.2) is 4.98 Å². The van der Waals surface area contributed by atoms with Crippen molar-refractivity contribution in [2.24, 2.45) is 0 Å². The Balaban J connectivity index is 1.94. The van der Waals surface area contributed by atoms with Crippen LogP contribution in [0.5, 0.6) is 23.1 Å². The second-order valence-electron chi connectivity index (χ2n) is 4.49. The first-order valence-corrected chi connectivity index (χ1v) is 6.55. The smallest absolute Gasteiger partial charge is 0.219 e. The topological polar surface area (TPSA) is 40.6 Å². The molecule has 106 valence electrons. The van der Waals surface area contributed by atoms with Crippen molar-refractivity contribution in [3.63, 3.8) is 0 Å². The fourth-order valence-electron chi connectivity index (χ4n) is 2.07. The van der Waals surface area contributed by atoms with Gasteiger partial charge < -0.3 is 14.2 Å². The van der Waals surface area contributed by atoms with Crippen molar-refractivity contribution in [1.82, 2.24) is 4.98 Å². The molecule has 0 aliphatic carbocycles. The Morgan fingerprint density at radius 3 is 2.14 bits per heavy atom. The molecule has 0 aliphatic heterocycles. The molecule has 0 N–H and O–H groups in total. The van der Waals surface area contributed by atoms with E-state index in [0.29, 0.717) is 23.1 Å². The summed E-state index contributed by atoms with van der Waals surface area (Å²) in [5, 5.41) is 1.08. The first-order valence-electron chi connectivity index (χ1n) is 6.55. The molecule has 0 atom stereocenters. The zero-order chi connectivity index (χ0) is 14.7. The highest BCUT2D eigenvalue weighted by atomic mass is 16.5. The molecular weight excluding hydrogens is 266 g/mol. The Morgan fingerprint density at radius 2 is 1.43 bits per heavy atom. The van der Waals surface area contributed by atoms with Crippen LogP contribution in [0, 0.1) is 0 Å². The maximum Gasteiger partial charge on any atom is 0.219 e. The van der Waals surface area contributed by atoms with E-state index in [1.54, 1.807) is 32.4 Å². The van der Waals surface area contributed by atoms with E-state index < -0.39 is 0 Å². The number of nitrogens with zero attached hydrogens (tertiary/aromatic N) is 1. The highest BCUT2D eigenvalue weighted by molar-refractivity contribution is 5.78. The third-order valence-corrected chi connectivity index (χ3v) is 3.12. The van der Waals surface area contributed by atoms with Crippen molar-refractivity contribution in [3.05, 3.63) is 54.6 Å². The molecule has 1 aromatic heterocycles. The van der Waals surface area contributed by atoms with E-state index in [1.807, 2.05) is 36.4 Å². The fourth-order valence-corrected chi connectivity index (χ4v) is 2.07. The molecule has 0 bridgehead atoms. The van der Waals surface area contributed by atoms with Crippen molar-refractivity contribution < 1.29 is 14.2 Å². The largest absolute Gasteiger partial charge is 0.496 e. The average molecular weight is 281 g/mol. The van der Waals surface area contributed by atoms with Gasteiger partial charge in [-0.15, -0.1) is 0 Å². The number of hydrogen-bond donors (Lipinski definition) is 0. The van der Waals surface area contributed by atoms with Gasteiger partial charge in [0.1, 0.15) is 17.2 Å². The minimum Gasteiger partial charge on any atom is -0.496 e. The Bertz CT molecular complexity index is 749. The van der Waals surface area contributed by atoms with Crippen molar-refractivity contribution in [2.45, 2.75) is 0 Å². The second-order valence-corrected chi connectivity index (χ2v) is 4.49. The van der Waals surface area contributed by atoms with Gasteiger partial charge in [-0.2, -0.15) is 0 Å². The summed E-state index contributed by atoms with van der Waals surface area (Å²) in [5.74, 6) is 2.49. The lowest BCUT2D eigenvalue weighted by atomic mass is 10.2. The highest BCUT2D eigenvalue weighted by Crippen LogP contribution is 2.30. The summed E-state index contributed by atoms with van der Waals surface area (Å²) in [6.45, 7) is 0. The average Bonchev–Trinajstić information content (AvgIpc) is 2.54. The zero-order valence-corrected chi connectivity index (χ0v) is 11.9. The summed E-state index contributed by atoms with van der Waals surface area (Å²) < 4.78 is 16.3. The number of pyridine rings is 1.